The van der Waals surface area contributed by atoms with Crippen LogP contribution in [0.1, 0.15) is 25.8 Å². The fourth-order valence-electron chi connectivity index (χ4n) is 2.38. The van der Waals surface area contributed by atoms with Crippen molar-refractivity contribution in [2.75, 3.05) is 13.2 Å². The Bertz CT molecular complexity index is 606. The Morgan fingerprint density at radius 3 is 2.76 bits per heavy atom. The second-order valence-electron chi connectivity index (χ2n) is 5.17. The molecule has 0 aromatic heterocycles. The van der Waals surface area contributed by atoms with Gasteiger partial charge in [-0.2, -0.15) is 4.31 Å². The Kier molecular flexibility index (Phi) is 5.54. The van der Waals surface area contributed by atoms with E-state index in [2.05, 4.69) is 0 Å². The molecule has 118 valence electrons. The predicted octanol–water partition coefficient (Wildman–Crippen LogP) is 3.27. The van der Waals surface area contributed by atoms with Crippen molar-refractivity contribution in [3.05, 3.63) is 28.8 Å². The minimum atomic E-state index is -3.57. The second kappa shape index (κ2) is 6.84. The monoisotopic (exact) mass is 351 g/mol. The van der Waals surface area contributed by atoms with Crippen LogP contribution in [0, 0.1) is 0 Å². The molecule has 7 heteroatoms. The van der Waals surface area contributed by atoms with E-state index in [1.165, 1.54) is 10.4 Å². The molecule has 2 atom stereocenters. The summed E-state index contributed by atoms with van der Waals surface area (Å²) in [4.78, 5) is 0.232. The van der Waals surface area contributed by atoms with E-state index in [-0.39, 0.29) is 22.9 Å². The van der Waals surface area contributed by atoms with E-state index in [1.807, 2.05) is 13.8 Å². The zero-order valence-corrected chi connectivity index (χ0v) is 14.4. The van der Waals surface area contributed by atoms with Gasteiger partial charge in [-0.25, -0.2) is 8.42 Å². The summed E-state index contributed by atoms with van der Waals surface area (Å²) < 4.78 is 32.8. The van der Waals surface area contributed by atoms with Gasteiger partial charge in [0.25, 0.3) is 0 Å². The molecule has 1 aliphatic heterocycles. The van der Waals surface area contributed by atoms with Crippen LogP contribution in [-0.4, -0.2) is 38.0 Å². The number of sulfonamides is 1. The quantitative estimate of drug-likeness (QED) is 0.782. The molecule has 0 spiro atoms. The van der Waals surface area contributed by atoms with E-state index < -0.39 is 10.0 Å². The molecule has 1 fully saturated rings. The molecule has 0 aliphatic carbocycles. The normalized spacial score (nSPS) is 24.2. The minimum Gasteiger partial charge on any atom is -0.375 e. The molecule has 2 rings (SSSR count). The molecular weight excluding hydrogens is 333 g/mol. The first-order valence-corrected chi connectivity index (χ1v) is 9.23. The average Bonchev–Trinajstić information content (AvgIpc) is 2.47. The van der Waals surface area contributed by atoms with Gasteiger partial charge in [0, 0.05) is 23.5 Å². The van der Waals surface area contributed by atoms with Crippen LogP contribution in [0.4, 0.5) is 0 Å². The number of hydrogen-bond acceptors (Lipinski definition) is 3. The van der Waals surface area contributed by atoms with Crippen molar-refractivity contribution < 1.29 is 13.2 Å². The lowest BCUT2D eigenvalue weighted by Gasteiger charge is -2.37. The van der Waals surface area contributed by atoms with Gasteiger partial charge in [-0.05, 0) is 37.1 Å². The largest absolute Gasteiger partial charge is 0.375 e. The lowest BCUT2D eigenvalue weighted by molar-refractivity contribution is -0.0230. The molecule has 1 aromatic rings. The van der Waals surface area contributed by atoms with Crippen LogP contribution in [0.3, 0.4) is 0 Å². The van der Waals surface area contributed by atoms with Crippen LogP contribution < -0.4 is 0 Å². The van der Waals surface area contributed by atoms with Crippen LogP contribution in [0.15, 0.2) is 23.1 Å². The highest BCUT2D eigenvalue weighted by Gasteiger charge is 2.35. The molecule has 2 unspecified atom stereocenters. The number of hydrogen-bond donors (Lipinski definition) is 0. The number of morpholine rings is 1. The Balaban J connectivity index is 2.40. The van der Waals surface area contributed by atoms with Crippen LogP contribution in [-0.2, 0) is 20.6 Å². The number of benzene rings is 1. The first-order valence-electron chi connectivity index (χ1n) is 6.88. The average molecular weight is 352 g/mol. The standard InChI is InChI=1S/C14H19Cl2NO3S/c1-3-12-9-20-10(2)8-17(12)21(18,19)13-4-5-14(16)11(6-13)7-15/h4-6,10,12H,3,7-9H2,1-2H3. The van der Waals surface area contributed by atoms with Gasteiger partial charge >= 0.3 is 0 Å². The zero-order valence-electron chi connectivity index (χ0n) is 12.1. The number of halogens is 2. The van der Waals surface area contributed by atoms with E-state index in [1.54, 1.807) is 12.1 Å². The maximum absolute atomic E-state index is 12.9. The lowest BCUT2D eigenvalue weighted by atomic mass is 10.2. The highest BCUT2D eigenvalue weighted by molar-refractivity contribution is 7.89. The van der Waals surface area contributed by atoms with Gasteiger partial charge < -0.3 is 4.74 Å². The Morgan fingerprint density at radius 1 is 1.43 bits per heavy atom. The van der Waals surface area contributed by atoms with E-state index in [9.17, 15) is 8.42 Å². The summed E-state index contributed by atoms with van der Waals surface area (Å²) in [5.41, 5.74) is 0.619. The van der Waals surface area contributed by atoms with Crippen molar-refractivity contribution in [3.63, 3.8) is 0 Å². The van der Waals surface area contributed by atoms with Crippen molar-refractivity contribution in [3.8, 4) is 0 Å². The van der Waals surface area contributed by atoms with Crippen LogP contribution >= 0.6 is 23.2 Å². The Morgan fingerprint density at radius 2 is 2.14 bits per heavy atom. The maximum atomic E-state index is 12.9. The third-order valence-corrected chi connectivity index (χ3v) is 6.23. The van der Waals surface area contributed by atoms with Crippen molar-refractivity contribution in [2.24, 2.45) is 0 Å². The molecule has 0 radical (unpaired) electrons. The molecule has 0 saturated carbocycles. The molecular formula is C14H19Cl2NO3S. The third kappa shape index (κ3) is 3.54. The zero-order chi connectivity index (χ0) is 15.6. The Hall–Kier alpha value is -0.330. The summed E-state index contributed by atoms with van der Waals surface area (Å²) in [6.45, 7) is 4.62. The predicted molar refractivity (Wildman–Crippen MR) is 84.4 cm³/mol. The molecule has 21 heavy (non-hydrogen) atoms. The highest BCUT2D eigenvalue weighted by Crippen LogP contribution is 2.27. The highest BCUT2D eigenvalue weighted by atomic mass is 35.5. The smallest absolute Gasteiger partial charge is 0.243 e. The lowest BCUT2D eigenvalue weighted by Crippen LogP contribution is -2.51. The van der Waals surface area contributed by atoms with E-state index in [4.69, 9.17) is 27.9 Å². The summed E-state index contributed by atoms with van der Waals surface area (Å²) in [5.74, 6) is 0.179. The maximum Gasteiger partial charge on any atom is 0.243 e. The molecule has 1 saturated heterocycles. The minimum absolute atomic E-state index is 0.109. The SMILES string of the molecule is CCC1COC(C)CN1S(=O)(=O)c1ccc(Cl)c(CCl)c1. The molecule has 0 amide bonds. The number of alkyl halides is 1. The van der Waals surface area contributed by atoms with Gasteiger partial charge in [-0.3, -0.25) is 0 Å². The first kappa shape index (κ1) is 17.0. The fourth-order valence-corrected chi connectivity index (χ4v) is 4.66. The van der Waals surface area contributed by atoms with Crippen molar-refractivity contribution >= 4 is 33.2 Å². The van der Waals surface area contributed by atoms with Crippen LogP contribution in [0.25, 0.3) is 0 Å². The second-order valence-corrected chi connectivity index (χ2v) is 7.73. The molecule has 0 N–H and O–H groups in total. The van der Waals surface area contributed by atoms with Gasteiger partial charge in [0.05, 0.1) is 17.6 Å². The van der Waals surface area contributed by atoms with E-state index >= 15 is 0 Å². The molecule has 4 nitrogen and oxygen atoms in total. The number of ether oxygens (including phenoxy) is 1. The summed E-state index contributed by atoms with van der Waals surface area (Å²) in [7, 11) is -3.57. The topological polar surface area (TPSA) is 46.6 Å². The fraction of sp³-hybridized carbons (Fsp3) is 0.571. The van der Waals surface area contributed by atoms with E-state index in [0.717, 1.165) is 0 Å². The van der Waals surface area contributed by atoms with Crippen molar-refractivity contribution in [1.82, 2.24) is 4.31 Å². The molecule has 1 aliphatic rings. The van der Waals surface area contributed by atoms with Crippen molar-refractivity contribution in [2.45, 2.75) is 43.2 Å². The van der Waals surface area contributed by atoms with Gasteiger partial charge in [0.2, 0.25) is 10.0 Å². The van der Waals surface area contributed by atoms with Gasteiger partial charge in [0.1, 0.15) is 0 Å². The van der Waals surface area contributed by atoms with Gasteiger partial charge in [-0.1, -0.05) is 18.5 Å². The first-order chi connectivity index (χ1) is 9.90. The van der Waals surface area contributed by atoms with Crippen LogP contribution in [0.5, 0.6) is 0 Å². The summed E-state index contributed by atoms with van der Waals surface area (Å²) in [5, 5.41) is 0.478. The molecule has 1 aromatic carbocycles. The van der Waals surface area contributed by atoms with Gasteiger partial charge in [0.15, 0.2) is 0 Å². The Labute approximate surface area is 136 Å². The number of rotatable bonds is 4. The summed E-state index contributed by atoms with van der Waals surface area (Å²) in [6, 6.07) is 4.52. The van der Waals surface area contributed by atoms with Crippen LogP contribution in [0.2, 0.25) is 5.02 Å². The summed E-state index contributed by atoms with van der Waals surface area (Å²) in [6.07, 6.45) is 0.601. The molecule has 0 bridgehead atoms. The van der Waals surface area contributed by atoms with Crippen molar-refractivity contribution in [1.29, 1.82) is 0 Å². The molecule has 1 heterocycles. The summed E-state index contributed by atoms with van der Waals surface area (Å²) >= 11 is 11.8. The van der Waals surface area contributed by atoms with E-state index in [0.29, 0.717) is 30.2 Å². The number of nitrogens with zero attached hydrogens (tertiary/aromatic N) is 1. The third-order valence-electron chi connectivity index (χ3n) is 3.66. The van der Waals surface area contributed by atoms with Gasteiger partial charge in [-0.15, -0.1) is 11.6 Å².